The average Bonchev–Trinajstić information content (AvgIpc) is 2.84. The van der Waals surface area contributed by atoms with Crippen molar-refractivity contribution in [1.82, 2.24) is 10.2 Å². The van der Waals surface area contributed by atoms with E-state index in [2.05, 4.69) is 26.1 Å². The smallest absolute Gasteiger partial charge is 0.0791 e. The molecule has 2 N–H and O–H groups in total. The van der Waals surface area contributed by atoms with Gasteiger partial charge in [-0.25, -0.2) is 0 Å². The van der Waals surface area contributed by atoms with Crippen molar-refractivity contribution in [2.75, 3.05) is 26.2 Å². The number of aliphatic hydroxyl groups is 1. The second-order valence-electron chi connectivity index (χ2n) is 5.03. The maximum atomic E-state index is 9.96. The molecule has 1 aromatic carbocycles. The zero-order valence-electron chi connectivity index (χ0n) is 10.9. The van der Waals surface area contributed by atoms with E-state index in [1.807, 2.05) is 18.2 Å². The maximum Gasteiger partial charge on any atom is 0.0791 e. The third kappa shape index (κ3) is 5.04. The van der Waals surface area contributed by atoms with Crippen LogP contribution in [0.15, 0.2) is 22.7 Å². The number of halogens is 2. The average molecular weight is 348 g/mol. The molecule has 1 fully saturated rings. The highest BCUT2D eigenvalue weighted by molar-refractivity contribution is 9.10. The Kier molecular flexibility index (Phi) is 6.10. The molecular weight excluding hydrogens is 328 g/mol. The number of likely N-dealkylation sites (tertiary alicyclic amines) is 1. The summed E-state index contributed by atoms with van der Waals surface area (Å²) in [5.74, 6) is 0. The fraction of sp³-hybridized carbons (Fsp3) is 0.571. The minimum absolute atomic E-state index is 0.302. The first kappa shape index (κ1) is 15.3. The third-order valence-electron chi connectivity index (χ3n) is 3.38. The quantitative estimate of drug-likeness (QED) is 0.830. The van der Waals surface area contributed by atoms with Crippen molar-refractivity contribution in [2.24, 2.45) is 0 Å². The molecule has 106 valence electrons. The molecule has 1 heterocycles. The summed E-state index contributed by atoms with van der Waals surface area (Å²) in [6.07, 6.45) is 2.22. The summed E-state index contributed by atoms with van der Waals surface area (Å²) in [7, 11) is 0. The Morgan fingerprint density at radius 2 is 2.11 bits per heavy atom. The van der Waals surface area contributed by atoms with Crippen molar-refractivity contribution < 1.29 is 5.11 Å². The minimum atomic E-state index is -0.302. The summed E-state index contributed by atoms with van der Waals surface area (Å²) in [6.45, 7) is 4.37. The van der Waals surface area contributed by atoms with E-state index in [1.165, 1.54) is 12.8 Å². The van der Waals surface area contributed by atoms with Crippen molar-refractivity contribution in [1.29, 1.82) is 0 Å². The Hall–Kier alpha value is -0.130. The van der Waals surface area contributed by atoms with Crippen LogP contribution in [-0.2, 0) is 6.54 Å². The largest absolute Gasteiger partial charge is 0.390 e. The molecule has 0 bridgehead atoms. The number of aliphatic hydroxyl groups excluding tert-OH is 1. The molecule has 2 rings (SSSR count). The minimum Gasteiger partial charge on any atom is -0.390 e. The molecule has 0 amide bonds. The zero-order chi connectivity index (χ0) is 13.7. The van der Waals surface area contributed by atoms with Gasteiger partial charge in [-0.05, 0) is 43.6 Å². The molecule has 1 aliphatic rings. The van der Waals surface area contributed by atoms with Gasteiger partial charge < -0.3 is 15.3 Å². The first-order valence-corrected chi connectivity index (χ1v) is 7.87. The van der Waals surface area contributed by atoms with Crippen LogP contribution in [0.25, 0.3) is 0 Å². The number of hydrogen-bond donors (Lipinski definition) is 2. The van der Waals surface area contributed by atoms with Gasteiger partial charge in [0.25, 0.3) is 0 Å². The summed E-state index contributed by atoms with van der Waals surface area (Å²) >= 11 is 9.39. The van der Waals surface area contributed by atoms with Crippen LogP contribution in [0.3, 0.4) is 0 Å². The lowest BCUT2D eigenvalue weighted by atomic mass is 10.2. The van der Waals surface area contributed by atoms with E-state index in [4.69, 9.17) is 11.6 Å². The van der Waals surface area contributed by atoms with Gasteiger partial charge in [-0.1, -0.05) is 33.6 Å². The molecule has 0 aliphatic carbocycles. The Morgan fingerprint density at radius 3 is 2.79 bits per heavy atom. The second kappa shape index (κ2) is 7.60. The number of benzene rings is 1. The summed E-state index contributed by atoms with van der Waals surface area (Å²) in [5.41, 5.74) is 1.15. The van der Waals surface area contributed by atoms with Crippen molar-refractivity contribution in [3.63, 3.8) is 0 Å². The Balaban J connectivity index is 1.70. The first-order valence-electron chi connectivity index (χ1n) is 6.70. The molecule has 1 unspecified atom stereocenters. The van der Waals surface area contributed by atoms with Gasteiger partial charge in [-0.15, -0.1) is 0 Å². The van der Waals surface area contributed by atoms with E-state index >= 15 is 0 Å². The normalized spacial score (nSPS) is 17.8. The lowest BCUT2D eigenvalue weighted by molar-refractivity contribution is 0.123. The lowest BCUT2D eigenvalue weighted by Crippen LogP contribution is -2.36. The SMILES string of the molecule is OC(CNCc1ccc(Cl)cc1Br)CN1CCCC1. The number of hydrogen-bond acceptors (Lipinski definition) is 3. The van der Waals surface area contributed by atoms with E-state index in [1.54, 1.807) is 0 Å². The van der Waals surface area contributed by atoms with Crippen LogP contribution in [0.2, 0.25) is 5.02 Å². The van der Waals surface area contributed by atoms with Crippen LogP contribution < -0.4 is 5.32 Å². The van der Waals surface area contributed by atoms with E-state index in [0.29, 0.717) is 6.54 Å². The zero-order valence-corrected chi connectivity index (χ0v) is 13.3. The van der Waals surface area contributed by atoms with Gasteiger partial charge in [0.2, 0.25) is 0 Å². The lowest BCUT2D eigenvalue weighted by Gasteiger charge is -2.19. The standard InChI is InChI=1S/C14H20BrClN2O/c15-14-7-12(16)4-3-11(14)8-17-9-13(19)10-18-5-1-2-6-18/h3-4,7,13,17,19H,1-2,5-6,8-10H2. The Labute approximate surface area is 128 Å². The third-order valence-corrected chi connectivity index (χ3v) is 4.35. The van der Waals surface area contributed by atoms with Gasteiger partial charge in [0.15, 0.2) is 0 Å². The number of nitrogens with one attached hydrogen (secondary N) is 1. The number of β-amino-alcohol motifs (C(OH)–C–C–N with tert-alkyl or cyclic N) is 1. The molecule has 1 atom stereocenters. The van der Waals surface area contributed by atoms with Crippen LogP contribution in [0, 0.1) is 0 Å². The Bertz CT molecular complexity index is 410. The predicted molar refractivity (Wildman–Crippen MR) is 82.5 cm³/mol. The van der Waals surface area contributed by atoms with Crippen LogP contribution in [-0.4, -0.2) is 42.3 Å². The fourth-order valence-electron chi connectivity index (χ4n) is 2.37. The molecule has 3 nitrogen and oxygen atoms in total. The highest BCUT2D eigenvalue weighted by Crippen LogP contribution is 2.21. The summed E-state index contributed by atoms with van der Waals surface area (Å²) in [6, 6.07) is 5.76. The number of rotatable bonds is 6. The fourth-order valence-corrected chi connectivity index (χ4v) is 3.19. The van der Waals surface area contributed by atoms with Crippen molar-refractivity contribution in [3.8, 4) is 0 Å². The van der Waals surface area contributed by atoms with Gasteiger partial charge in [0.05, 0.1) is 6.10 Å². The molecular formula is C14H20BrClN2O. The summed E-state index contributed by atoms with van der Waals surface area (Å²) < 4.78 is 1.00. The topological polar surface area (TPSA) is 35.5 Å². The molecule has 1 aromatic rings. The monoisotopic (exact) mass is 346 g/mol. The van der Waals surface area contributed by atoms with E-state index < -0.39 is 0 Å². The molecule has 0 spiro atoms. The maximum absolute atomic E-state index is 9.96. The number of nitrogens with zero attached hydrogens (tertiary/aromatic N) is 1. The highest BCUT2D eigenvalue weighted by atomic mass is 79.9. The molecule has 0 radical (unpaired) electrons. The molecule has 5 heteroatoms. The highest BCUT2D eigenvalue weighted by Gasteiger charge is 2.15. The van der Waals surface area contributed by atoms with Gasteiger partial charge in [0, 0.05) is 29.1 Å². The van der Waals surface area contributed by atoms with Gasteiger partial charge in [-0.3, -0.25) is 0 Å². The van der Waals surface area contributed by atoms with E-state index in [-0.39, 0.29) is 6.10 Å². The second-order valence-corrected chi connectivity index (χ2v) is 6.32. The van der Waals surface area contributed by atoms with Crippen molar-refractivity contribution >= 4 is 27.5 Å². The summed E-state index contributed by atoms with van der Waals surface area (Å²) in [4.78, 5) is 2.32. The molecule has 1 aliphatic heterocycles. The first-order chi connectivity index (χ1) is 9.15. The van der Waals surface area contributed by atoms with E-state index in [0.717, 1.165) is 41.2 Å². The van der Waals surface area contributed by atoms with Gasteiger partial charge >= 0.3 is 0 Å². The van der Waals surface area contributed by atoms with Crippen molar-refractivity contribution in [3.05, 3.63) is 33.3 Å². The van der Waals surface area contributed by atoms with Crippen LogP contribution >= 0.6 is 27.5 Å². The molecule has 0 aromatic heterocycles. The molecule has 0 saturated carbocycles. The van der Waals surface area contributed by atoms with Gasteiger partial charge in [0.1, 0.15) is 0 Å². The van der Waals surface area contributed by atoms with Crippen LogP contribution in [0.4, 0.5) is 0 Å². The molecule has 1 saturated heterocycles. The van der Waals surface area contributed by atoms with Gasteiger partial charge in [-0.2, -0.15) is 0 Å². The molecule has 19 heavy (non-hydrogen) atoms. The summed E-state index contributed by atoms with van der Waals surface area (Å²) in [5, 5.41) is 14.0. The van der Waals surface area contributed by atoms with Crippen LogP contribution in [0.5, 0.6) is 0 Å². The van der Waals surface area contributed by atoms with Crippen molar-refractivity contribution in [2.45, 2.75) is 25.5 Å². The van der Waals surface area contributed by atoms with Crippen LogP contribution in [0.1, 0.15) is 18.4 Å². The predicted octanol–water partition coefficient (Wildman–Crippen LogP) is 2.65. The van der Waals surface area contributed by atoms with E-state index in [9.17, 15) is 5.11 Å². The Morgan fingerprint density at radius 1 is 1.37 bits per heavy atom.